The van der Waals surface area contributed by atoms with Gasteiger partial charge in [-0.3, -0.25) is 4.79 Å². The minimum atomic E-state index is -2.14. The first kappa shape index (κ1) is 26.7. The highest BCUT2D eigenvalue weighted by atomic mass is 19.2. The molecule has 36 heavy (non-hydrogen) atoms. The van der Waals surface area contributed by atoms with E-state index in [1.807, 2.05) is 0 Å². The fourth-order valence-corrected chi connectivity index (χ4v) is 3.62. The van der Waals surface area contributed by atoms with Crippen LogP contribution in [0.4, 0.5) is 17.6 Å². The molecule has 0 aliphatic heterocycles. The molecule has 0 spiro atoms. The van der Waals surface area contributed by atoms with Gasteiger partial charge in [0.15, 0.2) is 17.3 Å². The second kappa shape index (κ2) is 10.4. The summed E-state index contributed by atoms with van der Waals surface area (Å²) in [4.78, 5) is 12.2. The van der Waals surface area contributed by atoms with Crippen molar-refractivity contribution in [2.24, 2.45) is 0 Å². The normalized spacial score (nSPS) is 13.1. The Morgan fingerprint density at radius 2 is 1.69 bits per heavy atom. The van der Waals surface area contributed by atoms with Gasteiger partial charge in [0.1, 0.15) is 17.7 Å². The number of halogens is 4. The molecule has 9 heteroatoms. The molecule has 0 fully saturated rings. The third kappa shape index (κ3) is 5.67. The van der Waals surface area contributed by atoms with Crippen LogP contribution in [0, 0.1) is 17.5 Å². The molecule has 4 rings (SSSR count). The van der Waals surface area contributed by atoms with Crippen molar-refractivity contribution in [1.29, 1.82) is 0 Å². The predicted molar refractivity (Wildman–Crippen MR) is 130 cm³/mol. The summed E-state index contributed by atoms with van der Waals surface area (Å²) in [6, 6.07) is 13.5. The quantitative estimate of drug-likeness (QED) is 0.296. The molecule has 0 radical (unpaired) electrons. The number of amides is 1. The highest BCUT2D eigenvalue weighted by Crippen LogP contribution is 2.30. The number of hydrogen-bond donors (Lipinski definition) is 1. The third-order valence-electron chi connectivity index (χ3n) is 5.50. The minimum Gasteiger partial charge on any atom is -0.484 e. The van der Waals surface area contributed by atoms with Gasteiger partial charge in [-0.2, -0.15) is 5.10 Å². The van der Waals surface area contributed by atoms with E-state index in [9.17, 15) is 22.4 Å². The maximum atomic E-state index is 14.1. The van der Waals surface area contributed by atoms with Crippen molar-refractivity contribution >= 4 is 16.8 Å². The number of fused-ring (bicyclic) bond motifs is 1. The first-order valence-electron chi connectivity index (χ1n) is 10.9. The standard InChI is InChI=1S/C26H23F4N3O2.CH4/c1-15(32-25(34)26(2,3)30)24(16-4-10-21(28)22(29)13-16)35-20-9-11-23-17(12-20)14-31-33(23)19-7-5-18(27)6-8-19;/h4-15,24H,1-3H3,(H,32,34);1H4/t15-,24-;/m0./s1. The van der Waals surface area contributed by atoms with Gasteiger partial charge in [-0.05, 0) is 80.9 Å². The van der Waals surface area contributed by atoms with E-state index in [1.165, 1.54) is 18.2 Å². The monoisotopic (exact) mass is 501 g/mol. The Morgan fingerprint density at radius 1 is 1.00 bits per heavy atom. The zero-order valence-corrected chi connectivity index (χ0v) is 19.2. The zero-order valence-electron chi connectivity index (χ0n) is 19.2. The Bertz CT molecular complexity index is 1360. The molecule has 0 unspecified atom stereocenters. The summed E-state index contributed by atoms with van der Waals surface area (Å²) in [7, 11) is 0. The van der Waals surface area contributed by atoms with Gasteiger partial charge in [-0.15, -0.1) is 0 Å². The van der Waals surface area contributed by atoms with Crippen molar-refractivity contribution in [2.45, 2.75) is 46.0 Å². The number of rotatable bonds is 7. The largest absolute Gasteiger partial charge is 0.484 e. The fourth-order valence-electron chi connectivity index (χ4n) is 3.62. The number of carbonyl (C=O) groups is 1. The van der Waals surface area contributed by atoms with Crippen molar-refractivity contribution in [1.82, 2.24) is 15.1 Å². The summed E-state index contributed by atoms with van der Waals surface area (Å²) in [5.41, 5.74) is -0.481. The lowest BCUT2D eigenvalue weighted by atomic mass is 10.0. The molecule has 1 heterocycles. The van der Waals surface area contributed by atoms with Crippen LogP contribution in [0.2, 0.25) is 0 Å². The molecular weight excluding hydrogens is 474 g/mol. The van der Waals surface area contributed by atoms with Crippen LogP contribution in [0.25, 0.3) is 16.6 Å². The van der Waals surface area contributed by atoms with E-state index in [4.69, 9.17) is 4.74 Å². The van der Waals surface area contributed by atoms with Gasteiger partial charge in [-0.1, -0.05) is 13.5 Å². The molecule has 0 aliphatic rings. The Kier molecular flexibility index (Phi) is 7.71. The van der Waals surface area contributed by atoms with Crippen molar-refractivity contribution < 1.29 is 27.1 Å². The highest BCUT2D eigenvalue weighted by molar-refractivity contribution is 5.84. The van der Waals surface area contributed by atoms with Gasteiger partial charge >= 0.3 is 0 Å². The van der Waals surface area contributed by atoms with Crippen LogP contribution in [0.3, 0.4) is 0 Å². The Hall–Kier alpha value is -3.88. The van der Waals surface area contributed by atoms with Crippen molar-refractivity contribution in [3.8, 4) is 11.4 Å². The maximum absolute atomic E-state index is 14.1. The molecule has 190 valence electrons. The molecule has 4 aromatic rings. The van der Waals surface area contributed by atoms with Crippen molar-refractivity contribution in [2.75, 3.05) is 0 Å². The Balaban J connectivity index is 0.00000361. The van der Waals surface area contributed by atoms with Gasteiger partial charge in [0.05, 0.1) is 23.4 Å². The number of nitrogens with zero attached hydrogens (tertiary/aromatic N) is 2. The average molecular weight is 502 g/mol. The maximum Gasteiger partial charge on any atom is 0.257 e. The number of ether oxygens (including phenoxy) is 1. The van der Waals surface area contributed by atoms with Gasteiger partial charge in [-0.25, -0.2) is 22.2 Å². The molecule has 0 saturated heterocycles. The lowest BCUT2D eigenvalue weighted by Crippen LogP contribution is -2.46. The number of alkyl halides is 1. The summed E-state index contributed by atoms with van der Waals surface area (Å²) < 4.78 is 62.6. The molecule has 0 saturated carbocycles. The highest BCUT2D eigenvalue weighted by Gasteiger charge is 2.31. The summed E-state index contributed by atoms with van der Waals surface area (Å²) in [6.45, 7) is 3.82. The van der Waals surface area contributed by atoms with Crippen LogP contribution in [-0.4, -0.2) is 27.4 Å². The number of nitrogens with one attached hydrogen (secondary N) is 1. The molecule has 1 N–H and O–H groups in total. The average Bonchev–Trinajstić information content (AvgIpc) is 3.22. The smallest absolute Gasteiger partial charge is 0.257 e. The van der Waals surface area contributed by atoms with E-state index in [2.05, 4.69) is 10.4 Å². The van der Waals surface area contributed by atoms with Gasteiger partial charge in [0, 0.05) is 5.39 Å². The van der Waals surface area contributed by atoms with Crippen LogP contribution in [0.15, 0.2) is 66.9 Å². The lowest BCUT2D eigenvalue weighted by molar-refractivity contribution is -0.132. The van der Waals surface area contributed by atoms with Crippen LogP contribution in [-0.2, 0) is 4.79 Å². The molecule has 5 nitrogen and oxygen atoms in total. The molecule has 2 atom stereocenters. The number of aromatic nitrogens is 2. The van der Waals surface area contributed by atoms with Crippen molar-refractivity contribution in [3.63, 3.8) is 0 Å². The summed E-state index contributed by atoms with van der Waals surface area (Å²) in [5.74, 6) is -2.95. The summed E-state index contributed by atoms with van der Waals surface area (Å²) >= 11 is 0. The van der Waals surface area contributed by atoms with Gasteiger partial charge in [0.2, 0.25) is 0 Å². The summed E-state index contributed by atoms with van der Waals surface area (Å²) in [5, 5.41) is 7.59. The number of hydrogen-bond acceptors (Lipinski definition) is 3. The van der Waals surface area contributed by atoms with E-state index in [0.717, 1.165) is 31.5 Å². The fraction of sp³-hybridized carbons (Fsp3) is 0.259. The van der Waals surface area contributed by atoms with Crippen LogP contribution in [0.1, 0.15) is 39.9 Å². The topological polar surface area (TPSA) is 56.1 Å². The molecule has 1 amide bonds. The van der Waals surface area contributed by atoms with Gasteiger partial charge in [0.25, 0.3) is 5.91 Å². The van der Waals surface area contributed by atoms with E-state index in [-0.39, 0.29) is 18.8 Å². The Morgan fingerprint density at radius 3 is 2.33 bits per heavy atom. The van der Waals surface area contributed by atoms with E-state index >= 15 is 0 Å². The lowest BCUT2D eigenvalue weighted by Gasteiger charge is -2.28. The Labute approximate surface area is 206 Å². The first-order valence-corrected chi connectivity index (χ1v) is 10.9. The SMILES string of the molecule is C.C[C@H](NC(=O)C(C)(C)F)[C@H](Oc1ccc2c(cnn2-c2ccc(F)cc2)c1)c1ccc(F)c(F)c1. The van der Waals surface area contributed by atoms with E-state index < -0.39 is 35.4 Å². The van der Waals surface area contributed by atoms with E-state index in [1.54, 1.807) is 48.1 Å². The summed E-state index contributed by atoms with van der Waals surface area (Å²) in [6.07, 6.45) is 0.649. The van der Waals surface area contributed by atoms with Crippen molar-refractivity contribution in [3.05, 3.63) is 89.9 Å². The molecule has 3 aromatic carbocycles. The number of carbonyl (C=O) groups excluding carboxylic acids is 1. The molecular formula is C27H27F4N3O2. The molecule has 1 aromatic heterocycles. The van der Waals surface area contributed by atoms with Gasteiger partial charge < -0.3 is 10.1 Å². The van der Waals surface area contributed by atoms with Crippen LogP contribution >= 0.6 is 0 Å². The predicted octanol–water partition coefficient (Wildman–Crippen LogP) is 6.45. The molecule has 0 aliphatic carbocycles. The second-order valence-corrected chi connectivity index (χ2v) is 8.70. The molecule has 0 bridgehead atoms. The number of benzene rings is 3. The second-order valence-electron chi connectivity index (χ2n) is 8.70. The zero-order chi connectivity index (χ0) is 25.3. The van der Waals surface area contributed by atoms with Crippen LogP contribution in [0.5, 0.6) is 5.75 Å². The minimum absolute atomic E-state index is 0. The first-order chi connectivity index (χ1) is 16.5. The van der Waals surface area contributed by atoms with Crippen LogP contribution < -0.4 is 10.1 Å². The third-order valence-corrected chi connectivity index (χ3v) is 5.50. The van der Waals surface area contributed by atoms with E-state index in [0.29, 0.717) is 16.8 Å².